The fourth-order valence-electron chi connectivity index (χ4n) is 3.50. The van der Waals surface area contributed by atoms with Gasteiger partial charge < -0.3 is 5.73 Å². The summed E-state index contributed by atoms with van der Waals surface area (Å²) in [6, 6.07) is 10.5. The largest absolute Gasteiger partial charge is 0.416 e. The molecule has 1 fully saturated rings. The molecule has 0 bridgehead atoms. The van der Waals surface area contributed by atoms with Crippen LogP contribution in [0.15, 0.2) is 42.5 Å². The number of hydrogen-bond acceptors (Lipinski definition) is 2. The van der Waals surface area contributed by atoms with Crippen molar-refractivity contribution in [3.8, 4) is 0 Å². The summed E-state index contributed by atoms with van der Waals surface area (Å²) in [6.45, 7) is 4.79. The quantitative estimate of drug-likeness (QED) is 0.603. The highest BCUT2D eigenvalue weighted by Crippen LogP contribution is 2.30. The van der Waals surface area contributed by atoms with Gasteiger partial charge in [-0.1, -0.05) is 50.5 Å². The molecule has 0 saturated heterocycles. The van der Waals surface area contributed by atoms with Gasteiger partial charge in [0.15, 0.2) is 5.69 Å². The highest BCUT2D eigenvalue weighted by Gasteiger charge is 2.30. The number of aromatic nitrogens is 2. The number of fused-ring (bicyclic) bond motifs is 1. The molecule has 1 amide bonds. The van der Waals surface area contributed by atoms with Gasteiger partial charge in [0.1, 0.15) is 0 Å². The average molecular weight is 417 g/mol. The third-order valence-electron chi connectivity index (χ3n) is 5.47. The second-order valence-electron chi connectivity index (χ2n) is 7.75. The van der Waals surface area contributed by atoms with E-state index in [0.29, 0.717) is 23.9 Å². The number of hydrogen-bond donors (Lipinski definition) is 1. The van der Waals surface area contributed by atoms with E-state index in [-0.39, 0.29) is 5.69 Å². The SMILES string of the molecule is CC1CCC1.CCn1nc(C(N)=O)c2c(Cc3ccc(C(F)(F)F)cc3)cccc21. The molecule has 160 valence electrons. The van der Waals surface area contributed by atoms with Crippen molar-refractivity contribution in [2.45, 2.75) is 52.3 Å². The number of alkyl halides is 3. The number of amides is 1. The van der Waals surface area contributed by atoms with E-state index in [4.69, 9.17) is 5.73 Å². The molecular formula is C23H26F3N3O. The maximum absolute atomic E-state index is 12.7. The topological polar surface area (TPSA) is 60.9 Å². The Morgan fingerprint density at radius 1 is 1.17 bits per heavy atom. The minimum Gasteiger partial charge on any atom is -0.364 e. The molecule has 1 heterocycles. The van der Waals surface area contributed by atoms with E-state index in [2.05, 4.69) is 12.0 Å². The fourth-order valence-corrected chi connectivity index (χ4v) is 3.50. The third kappa shape index (κ3) is 4.83. The Bertz CT molecular complexity index is 1020. The first kappa shape index (κ1) is 21.9. The van der Waals surface area contributed by atoms with E-state index in [1.54, 1.807) is 4.68 Å². The maximum Gasteiger partial charge on any atom is 0.416 e. The van der Waals surface area contributed by atoms with Crippen molar-refractivity contribution < 1.29 is 18.0 Å². The van der Waals surface area contributed by atoms with Crippen molar-refractivity contribution in [1.82, 2.24) is 9.78 Å². The molecular weight excluding hydrogens is 391 g/mol. The molecule has 0 radical (unpaired) electrons. The minimum absolute atomic E-state index is 0.180. The van der Waals surface area contributed by atoms with Gasteiger partial charge in [0.25, 0.3) is 5.91 Å². The number of rotatable bonds is 4. The van der Waals surface area contributed by atoms with Gasteiger partial charge in [0.2, 0.25) is 0 Å². The van der Waals surface area contributed by atoms with Crippen LogP contribution in [0.1, 0.15) is 60.3 Å². The lowest BCUT2D eigenvalue weighted by atomic mass is 9.88. The summed E-state index contributed by atoms with van der Waals surface area (Å²) in [4.78, 5) is 11.7. The summed E-state index contributed by atoms with van der Waals surface area (Å²) in [5.41, 5.74) is 7.21. The van der Waals surface area contributed by atoms with Crippen LogP contribution in [0, 0.1) is 5.92 Å². The Balaban J connectivity index is 0.000000448. The van der Waals surface area contributed by atoms with E-state index >= 15 is 0 Å². The standard InChI is InChI=1S/C18H16F3N3O.C5H10/c1-2-24-14-5-3-4-12(15(14)16(23-24)17(22)25)10-11-6-8-13(9-7-11)18(19,20)21;1-5-3-2-4-5/h3-9H,2,10H2,1H3,(H2,22,25);5H,2-4H2,1H3. The van der Waals surface area contributed by atoms with Gasteiger partial charge in [-0.05, 0) is 48.6 Å². The molecule has 2 N–H and O–H groups in total. The predicted molar refractivity (Wildman–Crippen MR) is 111 cm³/mol. The lowest BCUT2D eigenvalue weighted by molar-refractivity contribution is -0.137. The molecule has 0 aliphatic heterocycles. The first-order valence-corrected chi connectivity index (χ1v) is 10.1. The van der Waals surface area contributed by atoms with E-state index in [1.807, 2.05) is 25.1 Å². The number of carbonyl (C=O) groups excluding carboxylic acids is 1. The van der Waals surface area contributed by atoms with Crippen molar-refractivity contribution in [3.63, 3.8) is 0 Å². The van der Waals surface area contributed by atoms with Crippen molar-refractivity contribution in [2.24, 2.45) is 11.7 Å². The third-order valence-corrected chi connectivity index (χ3v) is 5.47. The second kappa shape index (κ2) is 8.90. The van der Waals surface area contributed by atoms with Gasteiger partial charge in [-0.25, -0.2) is 0 Å². The Hall–Kier alpha value is -2.83. The predicted octanol–water partition coefficient (Wildman–Crippen LogP) is 5.57. The van der Waals surface area contributed by atoms with Gasteiger partial charge in [0, 0.05) is 11.9 Å². The molecule has 1 aliphatic rings. The van der Waals surface area contributed by atoms with Crippen LogP contribution in [0.4, 0.5) is 13.2 Å². The number of aryl methyl sites for hydroxylation is 1. The molecule has 0 atom stereocenters. The van der Waals surface area contributed by atoms with Crippen LogP contribution in [0.2, 0.25) is 0 Å². The average Bonchev–Trinajstić information content (AvgIpc) is 3.07. The Morgan fingerprint density at radius 3 is 2.27 bits per heavy atom. The highest BCUT2D eigenvalue weighted by atomic mass is 19.4. The van der Waals surface area contributed by atoms with E-state index in [9.17, 15) is 18.0 Å². The number of halogens is 3. The molecule has 2 aromatic carbocycles. The second-order valence-corrected chi connectivity index (χ2v) is 7.75. The van der Waals surface area contributed by atoms with Crippen LogP contribution >= 0.6 is 0 Å². The van der Waals surface area contributed by atoms with Crippen molar-refractivity contribution in [3.05, 3.63) is 64.8 Å². The molecule has 3 aromatic rings. The maximum atomic E-state index is 12.7. The first-order valence-electron chi connectivity index (χ1n) is 10.1. The first-order chi connectivity index (χ1) is 14.2. The number of primary amides is 1. The van der Waals surface area contributed by atoms with Crippen molar-refractivity contribution >= 4 is 16.8 Å². The van der Waals surface area contributed by atoms with Crippen LogP contribution in [0.3, 0.4) is 0 Å². The van der Waals surface area contributed by atoms with Crippen LogP contribution in [-0.2, 0) is 19.1 Å². The Morgan fingerprint density at radius 2 is 1.80 bits per heavy atom. The van der Waals surface area contributed by atoms with Crippen molar-refractivity contribution in [1.29, 1.82) is 0 Å². The van der Waals surface area contributed by atoms with E-state index in [1.165, 1.54) is 31.4 Å². The molecule has 30 heavy (non-hydrogen) atoms. The number of carbonyl (C=O) groups is 1. The zero-order chi connectivity index (χ0) is 21.9. The lowest BCUT2D eigenvalue weighted by Crippen LogP contribution is -2.13. The zero-order valence-electron chi connectivity index (χ0n) is 17.2. The summed E-state index contributed by atoms with van der Waals surface area (Å²) in [5, 5.41) is 4.90. The molecule has 0 unspecified atom stereocenters. The van der Waals surface area contributed by atoms with Gasteiger partial charge in [-0.15, -0.1) is 0 Å². The molecule has 4 rings (SSSR count). The molecule has 7 heteroatoms. The Labute approximate surface area is 173 Å². The van der Waals surface area contributed by atoms with Gasteiger partial charge in [0.05, 0.1) is 11.1 Å². The van der Waals surface area contributed by atoms with Crippen LogP contribution < -0.4 is 5.73 Å². The van der Waals surface area contributed by atoms with Crippen molar-refractivity contribution in [2.75, 3.05) is 0 Å². The van der Waals surface area contributed by atoms with Gasteiger partial charge in [-0.2, -0.15) is 18.3 Å². The molecule has 1 aliphatic carbocycles. The van der Waals surface area contributed by atoms with E-state index < -0.39 is 17.6 Å². The van der Waals surface area contributed by atoms with Gasteiger partial charge >= 0.3 is 6.18 Å². The summed E-state index contributed by atoms with van der Waals surface area (Å²) in [5.74, 6) is 0.437. The molecule has 1 aromatic heterocycles. The van der Waals surface area contributed by atoms with Crippen LogP contribution in [-0.4, -0.2) is 15.7 Å². The number of benzene rings is 2. The van der Waals surface area contributed by atoms with Crippen LogP contribution in [0.5, 0.6) is 0 Å². The zero-order valence-corrected chi connectivity index (χ0v) is 17.2. The van der Waals surface area contributed by atoms with Gasteiger partial charge in [-0.3, -0.25) is 9.48 Å². The smallest absolute Gasteiger partial charge is 0.364 e. The Kier molecular flexibility index (Phi) is 6.48. The summed E-state index contributed by atoms with van der Waals surface area (Å²) < 4.78 is 39.7. The lowest BCUT2D eigenvalue weighted by Gasteiger charge is -2.18. The summed E-state index contributed by atoms with van der Waals surface area (Å²) in [7, 11) is 0. The normalized spacial score (nSPS) is 14.2. The fraction of sp³-hybridized carbons (Fsp3) is 0.391. The summed E-state index contributed by atoms with van der Waals surface area (Å²) in [6.07, 6.45) is 0.478. The number of nitrogens with zero attached hydrogens (tertiary/aromatic N) is 2. The minimum atomic E-state index is -4.36. The molecule has 1 saturated carbocycles. The van der Waals surface area contributed by atoms with Crippen LogP contribution in [0.25, 0.3) is 10.9 Å². The van der Waals surface area contributed by atoms with E-state index in [0.717, 1.165) is 29.1 Å². The number of nitrogens with two attached hydrogens (primary N) is 1. The molecule has 0 spiro atoms. The monoisotopic (exact) mass is 417 g/mol. The molecule has 4 nitrogen and oxygen atoms in total. The highest BCUT2D eigenvalue weighted by molar-refractivity contribution is 6.05. The summed E-state index contributed by atoms with van der Waals surface area (Å²) >= 11 is 0.